The zero-order valence-electron chi connectivity index (χ0n) is 28.4. The Balaban J connectivity index is 1.55. The number of anilines is 2. The minimum absolute atomic E-state index is 0.0388. The Hall–Kier alpha value is -3.09. The smallest absolute Gasteiger partial charge is 0.264 e. The summed E-state index contributed by atoms with van der Waals surface area (Å²) in [7, 11) is -4.88. The van der Waals surface area contributed by atoms with Gasteiger partial charge in [0.25, 0.3) is 20.0 Å². The molecule has 0 fully saturated rings. The van der Waals surface area contributed by atoms with Gasteiger partial charge in [0.1, 0.15) is 11.5 Å². The third-order valence-electron chi connectivity index (χ3n) is 7.69. The molecule has 4 aromatic rings. The number of ether oxygens (including phenoxy) is 2. The maximum atomic E-state index is 14.0. The number of alkyl halides is 2. The van der Waals surface area contributed by atoms with Gasteiger partial charge in [-0.3, -0.25) is 8.61 Å². The van der Waals surface area contributed by atoms with E-state index in [9.17, 15) is 16.8 Å². The molecule has 264 valence electrons. The summed E-state index contributed by atoms with van der Waals surface area (Å²) in [6.45, 7) is 7.26. The van der Waals surface area contributed by atoms with Crippen molar-refractivity contribution in [2.45, 2.75) is 47.2 Å². The minimum Gasteiger partial charge on any atom is -0.497 e. The topological polar surface area (TPSA) is 93.2 Å². The number of sulfonamides is 2. The summed E-state index contributed by atoms with van der Waals surface area (Å²) < 4.78 is 69.1. The first-order chi connectivity index (χ1) is 23.0. The van der Waals surface area contributed by atoms with Crippen LogP contribution in [0.1, 0.15) is 25.0 Å². The summed E-state index contributed by atoms with van der Waals surface area (Å²) in [6, 6.07) is 26.9. The molecular formula is C36H42Cl2N2O6S3. The molecule has 4 rings (SSSR count). The van der Waals surface area contributed by atoms with E-state index in [0.29, 0.717) is 34.4 Å². The molecule has 0 heterocycles. The summed E-state index contributed by atoms with van der Waals surface area (Å²) in [6.07, 6.45) is 0. The van der Waals surface area contributed by atoms with Crippen molar-refractivity contribution in [1.82, 2.24) is 0 Å². The molecule has 0 saturated heterocycles. The number of thioether (sulfide) groups is 1. The van der Waals surface area contributed by atoms with E-state index in [0.717, 1.165) is 11.1 Å². The van der Waals surface area contributed by atoms with Gasteiger partial charge in [-0.1, -0.05) is 35.4 Å². The molecule has 2 atom stereocenters. The Morgan fingerprint density at radius 2 is 0.878 bits per heavy atom. The largest absolute Gasteiger partial charge is 0.497 e. The van der Waals surface area contributed by atoms with Gasteiger partial charge in [-0.2, -0.15) is 11.8 Å². The molecule has 0 unspecified atom stereocenters. The predicted octanol–water partition coefficient (Wildman–Crippen LogP) is 8.14. The summed E-state index contributed by atoms with van der Waals surface area (Å²) in [4.78, 5) is -1.76. The monoisotopic (exact) mass is 764 g/mol. The molecule has 0 saturated carbocycles. The highest BCUT2D eigenvalue weighted by atomic mass is 35.5. The Kier molecular flexibility index (Phi) is 12.5. The van der Waals surface area contributed by atoms with Gasteiger partial charge in [-0.15, -0.1) is 23.2 Å². The molecule has 0 aliphatic rings. The number of nitrogens with zero attached hydrogens (tertiary/aromatic N) is 2. The lowest BCUT2D eigenvalue weighted by atomic mass is 10.2. The molecular weight excluding hydrogens is 724 g/mol. The van der Waals surface area contributed by atoms with E-state index in [1.54, 1.807) is 125 Å². The zero-order valence-corrected chi connectivity index (χ0v) is 32.4. The van der Waals surface area contributed by atoms with Crippen LogP contribution in [-0.4, -0.2) is 65.4 Å². The average molecular weight is 766 g/mol. The molecule has 0 aliphatic heterocycles. The molecule has 49 heavy (non-hydrogen) atoms. The number of hydrogen-bond acceptors (Lipinski definition) is 7. The van der Waals surface area contributed by atoms with Gasteiger partial charge < -0.3 is 9.47 Å². The van der Waals surface area contributed by atoms with Crippen LogP contribution in [0, 0.1) is 13.8 Å². The molecule has 0 aromatic heterocycles. The van der Waals surface area contributed by atoms with Gasteiger partial charge in [0.15, 0.2) is 0 Å². The lowest BCUT2D eigenvalue weighted by Gasteiger charge is -2.34. The molecule has 0 amide bonds. The summed E-state index contributed by atoms with van der Waals surface area (Å²) in [5.41, 5.74) is 2.76. The molecule has 0 spiro atoms. The molecule has 13 heteroatoms. The first-order valence-corrected chi connectivity index (χ1v) is 20.2. The van der Waals surface area contributed by atoms with Crippen molar-refractivity contribution in [2.75, 3.05) is 47.4 Å². The molecule has 0 N–H and O–H groups in total. The Morgan fingerprint density at radius 1 is 0.571 bits per heavy atom. The Morgan fingerprint density at radius 3 is 1.16 bits per heavy atom. The van der Waals surface area contributed by atoms with E-state index in [1.807, 2.05) is 13.8 Å². The van der Waals surface area contributed by atoms with Crippen LogP contribution in [0.25, 0.3) is 0 Å². The fourth-order valence-corrected chi connectivity index (χ4v) is 10.1. The van der Waals surface area contributed by atoms with Crippen molar-refractivity contribution in [2.24, 2.45) is 0 Å². The van der Waals surface area contributed by atoms with Crippen LogP contribution in [0.5, 0.6) is 11.5 Å². The van der Waals surface area contributed by atoms with Crippen molar-refractivity contribution in [3.8, 4) is 11.5 Å². The summed E-state index contributed by atoms with van der Waals surface area (Å²) in [5.74, 6) is 1.82. The molecule has 8 nitrogen and oxygen atoms in total. The number of methoxy groups -OCH3 is 2. The third-order valence-corrected chi connectivity index (χ3v) is 13.8. The van der Waals surface area contributed by atoms with E-state index < -0.39 is 29.8 Å². The van der Waals surface area contributed by atoms with Crippen LogP contribution in [0.2, 0.25) is 0 Å². The van der Waals surface area contributed by atoms with Crippen LogP contribution < -0.4 is 18.1 Å². The Bertz CT molecular complexity index is 1760. The fourth-order valence-electron chi connectivity index (χ4n) is 4.97. The van der Waals surface area contributed by atoms with Crippen LogP contribution in [-0.2, 0) is 20.0 Å². The number of halogens is 2. The van der Waals surface area contributed by atoms with Crippen LogP contribution in [0.15, 0.2) is 107 Å². The van der Waals surface area contributed by atoms with Gasteiger partial charge in [-0.05, 0) is 100 Å². The summed E-state index contributed by atoms with van der Waals surface area (Å²) >= 11 is 15.6. The van der Waals surface area contributed by atoms with Crippen molar-refractivity contribution in [3.63, 3.8) is 0 Å². The van der Waals surface area contributed by atoms with E-state index in [-0.39, 0.29) is 22.9 Å². The van der Waals surface area contributed by atoms with Gasteiger partial charge in [0.05, 0.1) is 58.2 Å². The average Bonchev–Trinajstić information content (AvgIpc) is 3.06. The van der Waals surface area contributed by atoms with Crippen molar-refractivity contribution in [1.29, 1.82) is 0 Å². The Labute approximate surface area is 305 Å². The van der Waals surface area contributed by atoms with Crippen LogP contribution in [0.4, 0.5) is 11.4 Å². The maximum absolute atomic E-state index is 14.0. The van der Waals surface area contributed by atoms with Crippen LogP contribution in [0.3, 0.4) is 0 Å². The first kappa shape index (κ1) is 38.7. The normalized spacial score (nSPS) is 14.4. The highest BCUT2D eigenvalue weighted by Crippen LogP contribution is 2.35. The lowest BCUT2D eigenvalue weighted by molar-refractivity contribution is 0.414. The third kappa shape index (κ3) is 10.0. The first-order valence-electron chi connectivity index (χ1n) is 15.4. The predicted molar refractivity (Wildman–Crippen MR) is 203 cm³/mol. The number of aryl methyl sites for hydroxylation is 2. The second-order valence-electron chi connectivity index (χ2n) is 12.4. The molecule has 4 aromatic carbocycles. The van der Waals surface area contributed by atoms with Gasteiger partial charge >= 0.3 is 0 Å². The quantitative estimate of drug-likeness (QED) is 0.106. The van der Waals surface area contributed by atoms with Gasteiger partial charge in [-0.25, -0.2) is 16.8 Å². The fraction of sp³-hybridized carbons (Fsp3) is 0.333. The van der Waals surface area contributed by atoms with E-state index in [2.05, 4.69) is 0 Å². The van der Waals surface area contributed by atoms with Crippen molar-refractivity contribution >= 4 is 66.4 Å². The minimum atomic E-state index is -3.98. The molecule has 0 aliphatic carbocycles. The number of rotatable bonds is 16. The molecule has 0 radical (unpaired) electrons. The standard InChI is InChI=1S/C36H42Cl2N2O6S3/c1-27-7-19-33(20-8-27)48(41,42)39(29-11-15-31(45-5)16-12-29)23-35(3,37)25-47-26-36(4,38)24-40(30-13-17-32(46-6)18-14-30)49(43,44)34-21-9-28(2)10-22-34/h7-22H,23-26H2,1-6H3/t35-,36+. The van der Waals surface area contributed by atoms with E-state index in [1.165, 1.54) is 20.4 Å². The SMILES string of the molecule is COc1ccc(N(C[C@@](C)(Cl)CSC[C@@](C)(Cl)CN(c2ccc(OC)cc2)S(=O)(=O)c2ccc(C)cc2)S(=O)(=O)c2ccc(C)cc2)cc1. The van der Waals surface area contributed by atoms with Gasteiger partial charge in [0, 0.05) is 11.5 Å². The van der Waals surface area contributed by atoms with E-state index >= 15 is 0 Å². The second-order valence-corrected chi connectivity index (χ2v) is 18.9. The second kappa shape index (κ2) is 15.9. The highest BCUT2D eigenvalue weighted by Gasteiger charge is 2.36. The maximum Gasteiger partial charge on any atom is 0.264 e. The highest BCUT2D eigenvalue weighted by molar-refractivity contribution is 7.99. The van der Waals surface area contributed by atoms with Crippen LogP contribution >= 0.6 is 35.0 Å². The van der Waals surface area contributed by atoms with Crippen molar-refractivity contribution < 1.29 is 26.3 Å². The van der Waals surface area contributed by atoms with E-state index in [4.69, 9.17) is 32.7 Å². The number of benzene rings is 4. The lowest BCUT2D eigenvalue weighted by Crippen LogP contribution is -2.44. The zero-order chi connectivity index (χ0) is 36.0. The molecule has 0 bridgehead atoms. The van der Waals surface area contributed by atoms with Gasteiger partial charge in [0.2, 0.25) is 0 Å². The van der Waals surface area contributed by atoms with Crippen molar-refractivity contribution in [3.05, 3.63) is 108 Å². The number of hydrogen-bond donors (Lipinski definition) is 0. The summed E-state index contributed by atoms with van der Waals surface area (Å²) in [5, 5.41) is 0.